The number of rotatable bonds is 3. The molecule has 1 fully saturated rings. The molecule has 4 nitrogen and oxygen atoms in total. The van der Waals surface area contributed by atoms with Crippen molar-refractivity contribution in [1.82, 2.24) is 15.2 Å². The standard InChI is InChI=1S/C14H18F3N3O/c1-2-18-11-4-3-7-20(9-11)13(21)10-5-6-12(19-8-10)14(15,16)17/h5-6,8,11,18H,2-4,7,9H2,1H3. The lowest BCUT2D eigenvalue weighted by molar-refractivity contribution is -0.141. The van der Waals surface area contributed by atoms with Crippen molar-refractivity contribution in [3.63, 3.8) is 0 Å². The van der Waals surface area contributed by atoms with Gasteiger partial charge in [-0.05, 0) is 31.5 Å². The molecule has 1 amide bonds. The highest BCUT2D eigenvalue weighted by Crippen LogP contribution is 2.27. The molecule has 1 N–H and O–H groups in total. The van der Waals surface area contributed by atoms with Crippen LogP contribution in [-0.2, 0) is 6.18 Å². The number of pyridine rings is 1. The van der Waals surface area contributed by atoms with E-state index in [2.05, 4.69) is 10.3 Å². The first-order valence-corrected chi connectivity index (χ1v) is 6.97. The largest absolute Gasteiger partial charge is 0.433 e. The maximum absolute atomic E-state index is 12.4. The summed E-state index contributed by atoms with van der Waals surface area (Å²) in [5.74, 6) is -0.265. The van der Waals surface area contributed by atoms with Gasteiger partial charge in [0.2, 0.25) is 0 Å². The quantitative estimate of drug-likeness (QED) is 0.932. The van der Waals surface area contributed by atoms with Crippen molar-refractivity contribution >= 4 is 5.91 Å². The minimum absolute atomic E-state index is 0.195. The molecule has 0 bridgehead atoms. The Morgan fingerprint density at radius 1 is 1.48 bits per heavy atom. The number of nitrogens with zero attached hydrogens (tertiary/aromatic N) is 2. The van der Waals surface area contributed by atoms with E-state index in [0.717, 1.165) is 31.6 Å². The molecular formula is C14H18F3N3O. The fourth-order valence-electron chi connectivity index (χ4n) is 2.49. The van der Waals surface area contributed by atoms with Crippen LogP contribution in [0, 0.1) is 0 Å². The summed E-state index contributed by atoms with van der Waals surface area (Å²) < 4.78 is 37.3. The molecule has 1 aromatic heterocycles. The van der Waals surface area contributed by atoms with Gasteiger partial charge in [0, 0.05) is 25.3 Å². The molecule has 1 aliphatic rings. The van der Waals surface area contributed by atoms with Gasteiger partial charge in [-0.1, -0.05) is 6.92 Å². The topological polar surface area (TPSA) is 45.2 Å². The third-order valence-electron chi connectivity index (χ3n) is 3.50. The van der Waals surface area contributed by atoms with E-state index >= 15 is 0 Å². The van der Waals surface area contributed by atoms with Crippen LogP contribution >= 0.6 is 0 Å². The highest BCUT2D eigenvalue weighted by atomic mass is 19.4. The lowest BCUT2D eigenvalue weighted by Gasteiger charge is -2.33. The fraction of sp³-hybridized carbons (Fsp3) is 0.571. The number of likely N-dealkylation sites (tertiary alicyclic amines) is 1. The number of likely N-dealkylation sites (N-methyl/N-ethyl adjacent to an activating group) is 1. The van der Waals surface area contributed by atoms with Crippen molar-refractivity contribution in [3.8, 4) is 0 Å². The normalized spacial score (nSPS) is 19.6. The van der Waals surface area contributed by atoms with E-state index in [1.807, 2.05) is 6.92 Å². The van der Waals surface area contributed by atoms with Gasteiger partial charge in [0.1, 0.15) is 5.69 Å². The maximum Gasteiger partial charge on any atom is 0.433 e. The number of amides is 1. The number of halogens is 3. The third-order valence-corrected chi connectivity index (χ3v) is 3.50. The number of alkyl halides is 3. The van der Waals surface area contributed by atoms with E-state index in [-0.39, 0.29) is 17.5 Å². The SMILES string of the molecule is CCNC1CCCN(C(=O)c2ccc(C(F)(F)F)nc2)C1. The smallest absolute Gasteiger partial charge is 0.337 e. The minimum Gasteiger partial charge on any atom is -0.337 e. The van der Waals surface area contributed by atoms with Crippen LogP contribution in [0.25, 0.3) is 0 Å². The van der Waals surface area contributed by atoms with Crippen LogP contribution in [0.2, 0.25) is 0 Å². The Labute approximate surface area is 121 Å². The second kappa shape index (κ2) is 6.43. The number of piperidine rings is 1. The van der Waals surface area contributed by atoms with Gasteiger partial charge in [-0.25, -0.2) is 0 Å². The molecular weight excluding hydrogens is 283 g/mol. The Bertz CT molecular complexity index is 485. The summed E-state index contributed by atoms with van der Waals surface area (Å²) in [4.78, 5) is 17.3. The monoisotopic (exact) mass is 301 g/mol. The molecule has 1 atom stereocenters. The van der Waals surface area contributed by atoms with Crippen LogP contribution in [0.4, 0.5) is 13.2 Å². The van der Waals surface area contributed by atoms with E-state index in [0.29, 0.717) is 13.1 Å². The summed E-state index contributed by atoms with van der Waals surface area (Å²) in [6.07, 6.45) is -1.59. The van der Waals surface area contributed by atoms with E-state index in [1.54, 1.807) is 4.90 Å². The van der Waals surface area contributed by atoms with E-state index < -0.39 is 11.9 Å². The van der Waals surface area contributed by atoms with E-state index in [1.165, 1.54) is 6.07 Å². The van der Waals surface area contributed by atoms with Gasteiger partial charge in [0.15, 0.2) is 0 Å². The average molecular weight is 301 g/mol. The number of hydrogen-bond acceptors (Lipinski definition) is 3. The molecule has 1 unspecified atom stereocenters. The van der Waals surface area contributed by atoms with Gasteiger partial charge in [-0.2, -0.15) is 13.2 Å². The zero-order valence-electron chi connectivity index (χ0n) is 11.8. The van der Waals surface area contributed by atoms with Crippen molar-refractivity contribution in [2.24, 2.45) is 0 Å². The van der Waals surface area contributed by atoms with Crippen molar-refractivity contribution in [1.29, 1.82) is 0 Å². The first kappa shape index (κ1) is 15.8. The third kappa shape index (κ3) is 3.93. The molecule has 1 aliphatic heterocycles. The number of carbonyl (C=O) groups is 1. The second-order valence-corrected chi connectivity index (χ2v) is 5.08. The van der Waals surface area contributed by atoms with Crippen molar-refractivity contribution in [2.45, 2.75) is 32.0 Å². The molecule has 116 valence electrons. The highest BCUT2D eigenvalue weighted by molar-refractivity contribution is 5.94. The van der Waals surface area contributed by atoms with Gasteiger partial charge in [-0.3, -0.25) is 9.78 Å². The molecule has 1 saturated heterocycles. The molecule has 0 aromatic carbocycles. The summed E-state index contributed by atoms with van der Waals surface area (Å²) in [5.41, 5.74) is -0.789. The predicted octanol–water partition coefficient (Wildman–Crippen LogP) is 2.31. The maximum atomic E-state index is 12.4. The molecule has 2 heterocycles. The molecule has 0 saturated carbocycles. The van der Waals surface area contributed by atoms with Crippen LogP contribution in [0.1, 0.15) is 35.8 Å². The summed E-state index contributed by atoms with van der Waals surface area (Å²) >= 11 is 0. The number of nitrogens with one attached hydrogen (secondary N) is 1. The highest BCUT2D eigenvalue weighted by Gasteiger charge is 2.32. The van der Waals surface area contributed by atoms with Crippen LogP contribution in [0.5, 0.6) is 0 Å². The van der Waals surface area contributed by atoms with E-state index in [4.69, 9.17) is 0 Å². The Balaban J connectivity index is 2.05. The summed E-state index contributed by atoms with van der Waals surface area (Å²) in [7, 11) is 0. The van der Waals surface area contributed by atoms with Crippen molar-refractivity contribution in [3.05, 3.63) is 29.6 Å². The summed E-state index contributed by atoms with van der Waals surface area (Å²) in [6.45, 7) is 4.03. The van der Waals surface area contributed by atoms with E-state index in [9.17, 15) is 18.0 Å². The van der Waals surface area contributed by atoms with Crippen LogP contribution < -0.4 is 5.32 Å². The minimum atomic E-state index is -4.48. The van der Waals surface area contributed by atoms with Crippen molar-refractivity contribution < 1.29 is 18.0 Å². The molecule has 0 spiro atoms. The number of aromatic nitrogens is 1. The van der Waals surface area contributed by atoms with Crippen LogP contribution in [0.3, 0.4) is 0 Å². The first-order chi connectivity index (χ1) is 9.91. The fourth-order valence-corrected chi connectivity index (χ4v) is 2.49. The molecule has 0 aliphatic carbocycles. The van der Waals surface area contributed by atoms with Gasteiger partial charge in [0.25, 0.3) is 5.91 Å². The first-order valence-electron chi connectivity index (χ1n) is 6.97. The zero-order chi connectivity index (χ0) is 15.5. The molecule has 1 aromatic rings. The summed E-state index contributed by atoms with van der Waals surface area (Å²) in [6, 6.07) is 2.28. The van der Waals surface area contributed by atoms with Crippen molar-refractivity contribution in [2.75, 3.05) is 19.6 Å². The zero-order valence-corrected chi connectivity index (χ0v) is 11.8. The lowest BCUT2D eigenvalue weighted by Crippen LogP contribution is -2.48. The number of hydrogen-bond donors (Lipinski definition) is 1. The lowest BCUT2D eigenvalue weighted by atomic mass is 10.0. The van der Waals surface area contributed by atoms with Gasteiger partial charge in [-0.15, -0.1) is 0 Å². The van der Waals surface area contributed by atoms with Gasteiger partial charge in [0.05, 0.1) is 5.56 Å². The predicted molar refractivity (Wildman–Crippen MR) is 71.8 cm³/mol. The Morgan fingerprint density at radius 2 is 2.24 bits per heavy atom. The Hall–Kier alpha value is -1.63. The molecule has 21 heavy (non-hydrogen) atoms. The average Bonchev–Trinajstić information content (AvgIpc) is 2.46. The molecule has 0 radical (unpaired) electrons. The Kier molecular flexibility index (Phi) is 4.82. The summed E-state index contributed by atoms with van der Waals surface area (Å²) in [5, 5.41) is 3.29. The second-order valence-electron chi connectivity index (χ2n) is 5.08. The van der Waals surface area contributed by atoms with Gasteiger partial charge >= 0.3 is 6.18 Å². The molecule has 2 rings (SSSR count). The van der Waals surface area contributed by atoms with Crippen LogP contribution in [-0.4, -0.2) is 41.5 Å². The van der Waals surface area contributed by atoms with Crippen LogP contribution in [0.15, 0.2) is 18.3 Å². The van der Waals surface area contributed by atoms with Gasteiger partial charge < -0.3 is 10.2 Å². The number of carbonyl (C=O) groups excluding carboxylic acids is 1. The Morgan fingerprint density at radius 3 is 2.81 bits per heavy atom. The molecule has 7 heteroatoms.